The Labute approximate surface area is 127 Å². The van der Waals surface area contributed by atoms with E-state index in [9.17, 15) is 5.11 Å². The van der Waals surface area contributed by atoms with Crippen LogP contribution in [0.25, 0.3) is 11.4 Å². The zero-order valence-corrected chi connectivity index (χ0v) is 12.8. The number of aromatic hydroxyl groups is 1. The lowest BCUT2D eigenvalue weighted by Crippen LogP contribution is -2.06. The number of anilines is 1. The number of thioether (sulfide) groups is 1. The van der Waals surface area contributed by atoms with Crippen LogP contribution in [0.2, 0.25) is 0 Å². The van der Waals surface area contributed by atoms with E-state index >= 15 is 0 Å². The van der Waals surface area contributed by atoms with Gasteiger partial charge in [0.25, 0.3) is 0 Å². The van der Waals surface area contributed by atoms with Crippen molar-refractivity contribution >= 4 is 17.6 Å². The van der Waals surface area contributed by atoms with Crippen molar-refractivity contribution in [2.75, 3.05) is 19.0 Å². The fourth-order valence-electron chi connectivity index (χ4n) is 2.31. The number of aromatic nitrogens is 2. The monoisotopic (exact) mass is 303 g/mol. The minimum atomic E-state index is 0.116. The van der Waals surface area contributed by atoms with Crippen LogP contribution in [0.4, 0.5) is 5.82 Å². The molecule has 0 spiro atoms. The summed E-state index contributed by atoms with van der Waals surface area (Å²) in [6.45, 7) is 2.88. The molecule has 0 saturated carbocycles. The molecule has 0 amide bonds. The number of hydrogen-bond acceptors (Lipinski definition) is 6. The van der Waals surface area contributed by atoms with Gasteiger partial charge in [0.2, 0.25) is 0 Å². The number of nitrogens with one attached hydrogen (secondary N) is 1. The molecule has 21 heavy (non-hydrogen) atoms. The second-order valence-corrected chi connectivity index (χ2v) is 5.72. The molecule has 2 aromatic rings. The van der Waals surface area contributed by atoms with Crippen molar-refractivity contribution in [1.29, 1.82) is 0 Å². The zero-order chi connectivity index (χ0) is 14.8. The maximum Gasteiger partial charge on any atom is 0.161 e. The molecule has 5 nitrogen and oxygen atoms in total. The van der Waals surface area contributed by atoms with Gasteiger partial charge in [-0.15, -0.1) is 0 Å². The van der Waals surface area contributed by atoms with E-state index in [-0.39, 0.29) is 5.75 Å². The molecule has 1 aromatic carbocycles. The first-order valence-corrected chi connectivity index (χ1v) is 7.97. The molecule has 0 radical (unpaired) electrons. The molecule has 0 bridgehead atoms. The maximum absolute atomic E-state index is 9.69. The van der Waals surface area contributed by atoms with Crippen LogP contribution in [0.15, 0.2) is 18.2 Å². The molecule has 2 N–H and O–H groups in total. The summed E-state index contributed by atoms with van der Waals surface area (Å²) in [4.78, 5) is 9.30. The van der Waals surface area contributed by atoms with Crippen molar-refractivity contribution in [1.82, 2.24) is 9.97 Å². The minimum Gasteiger partial charge on any atom is -0.504 e. The van der Waals surface area contributed by atoms with Gasteiger partial charge in [0.05, 0.1) is 12.8 Å². The van der Waals surface area contributed by atoms with Gasteiger partial charge < -0.3 is 15.2 Å². The lowest BCUT2D eigenvalue weighted by molar-refractivity contribution is 0.373. The van der Waals surface area contributed by atoms with Crippen LogP contribution in [0.5, 0.6) is 11.5 Å². The molecule has 2 heterocycles. The first-order valence-electron chi connectivity index (χ1n) is 6.81. The summed E-state index contributed by atoms with van der Waals surface area (Å²) in [7, 11) is 1.53. The smallest absolute Gasteiger partial charge is 0.161 e. The Morgan fingerprint density at radius 3 is 2.95 bits per heavy atom. The highest BCUT2D eigenvalue weighted by molar-refractivity contribution is 7.98. The zero-order valence-electron chi connectivity index (χ0n) is 12.0. The van der Waals surface area contributed by atoms with Crippen LogP contribution in [-0.2, 0) is 11.5 Å². The topological polar surface area (TPSA) is 67.3 Å². The van der Waals surface area contributed by atoms with Crippen molar-refractivity contribution in [3.05, 3.63) is 29.5 Å². The SMILES string of the molecule is CCNc1nc(-c2ccc(O)c(OC)c2)nc2c1CSC2. The Balaban J connectivity index is 2.08. The molecular weight excluding hydrogens is 286 g/mol. The third-order valence-corrected chi connectivity index (χ3v) is 4.33. The Hall–Kier alpha value is -1.95. The number of benzene rings is 1. The molecule has 0 atom stereocenters. The first kappa shape index (κ1) is 14.0. The number of fused-ring (bicyclic) bond motifs is 1. The number of methoxy groups -OCH3 is 1. The second kappa shape index (κ2) is 5.81. The third-order valence-electron chi connectivity index (χ3n) is 3.36. The lowest BCUT2D eigenvalue weighted by atomic mass is 10.1. The maximum atomic E-state index is 9.69. The van der Waals surface area contributed by atoms with Crippen molar-refractivity contribution in [2.45, 2.75) is 18.4 Å². The Morgan fingerprint density at radius 1 is 1.33 bits per heavy atom. The standard InChI is InChI=1S/C15H17N3O2S/c1-3-16-15-10-7-21-8-11(10)17-14(18-15)9-4-5-12(19)13(6-9)20-2/h4-6,19H,3,7-8H2,1-2H3,(H,16,17,18). The highest BCUT2D eigenvalue weighted by atomic mass is 32.2. The number of phenols is 1. The van der Waals surface area contributed by atoms with Gasteiger partial charge in [-0.1, -0.05) is 0 Å². The van der Waals surface area contributed by atoms with Gasteiger partial charge in [0.1, 0.15) is 5.82 Å². The minimum absolute atomic E-state index is 0.116. The Bertz CT molecular complexity index is 676. The summed E-state index contributed by atoms with van der Waals surface area (Å²) in [6.07, 6.45) is 0. The molecule has 0 fully saturated rings. The van der Waals surface area contributed by atoms with Crippen LogP contribution >= 0.6 is 11.8 Å². The Morgan fingerprint density at radius 2 is 2.19 bits per heavy atom. The predicted octanol–water partition coefficient (Wildman–Crippen LogP) is 3.04. The molecule has 110 valence electrons. The van der Waals surface area contributed by atoms with E-state index in [4.69, 9.17) is 4.74 Å². The molecular formula is C15H17N3O2S. The number of ether oxygens (including phenoxy) is 1. The van der Waals surface area contributed by atoms with E-state index in [0.29, 0.717) is 11.6 Å². The van der Waals surface area contributed by atoms with Gasteiger partial charge in [0, 0.05) is 29.2 Å². The lowest BCUT2D eigenvalue weighted by Gasteiger charge is -2.11. The molecule has 1 aliphatic heterocycles. The first-order chi connectivity index (χ1) is 10.2. The van der Waals surface area contributed by atoms with E-state index in [1.54, 1.807) is 18.2 Å². The fraction of sp³-hybridized carbons (Fsp3) is 0.333. The van der Waals surface area contributed by atoms with Gasteiger partial charge in [-0.25, -0.2) is 9.97 Å². The van der Waals surface area contributed by atoms with Crippen molar-refractivity contribution in [2.24, 2.45) is 0 Å². The summed E-state index contributed by atoms with van der Waals surface area (Å²) in [5, 5.41) is 13.0. The molecule has 6 heteroatoms. The van der Waals surface area contributed by atoms with E-state index in [0.717, 1.165) is 35.1 Å². The molecule has 0 aliphatic carbocycles. The highest BCUT2D eigenvalue weighted by Crippen LogP contribution is 2.36. The van der Waals surface area contributed by atoms with Crippen molar-refractivity contribution in [3.8, 4) is 22.9 Å². The molecule has 1 aliphatic rings. The summed E-state index contributed by atoms with van der Waals surface area (Å²) < 4.78 is 5.15. The predicted molar refractivity (Wildman–Crippen MR) is 84.8 cm³/mol. The average molecular weight is 303 g/mol. The van der Waals surface area contributed by atoms with Crippen LogP contribution < -0.4 is 10.1 Å². The fourth-order valence-corrected chi connectivity index (χ4v) is 3.35. The number of rotatable bonds is 4. The Kier molecular flexibility index (Phi) is 3.88. The second-order valence-electron chi connectivity index (χ2n) is 4.73. The van der Waals surface area contributed by atoms with E-state index in [1.165, 1.54) is 12.7 Å². The third kappa shape index (κ3) is 2.63. The largest absolute Gasteiger partial charge is 0.504 e. The van der Waals surface area contributed by atoms with Crippen LogP contribution in [0, 0.1) is 0 Å². The summed E-state index contributed by atoms with van der Waals surface area (Å²) >= 11 is 1.85. The van der Waals surface area contributed by atoms with Gasteiger partial charge in [-0.2, -0.15) is 11.8 Å². The number of hydrogen-bond donors (Lipinski definition) is 2. The highest BCUT2D eigenvalue weighted by Gasteiger charge is 2.20. The van der Waals surface area contributed by atoms with Gasteiger partial charge in [-0.05, 0) is 25.1 Å². The van der Waals surface area contributed by atoms with E-state index in [1.807, 2.05) is 11.8 Å². The number of nitrogens with zero attached hydrogens (tertiary/aromatic N) is 2. The molecule has 0 saturated heterocycles. The average Bonchev–Trinajstić information content (AvgIpc) is 2.96. The number of phenolic OH excluding ortho intramolecular Hbond substituents is 1. The summed E-state index contributed by atoms with van der Waals surface area (Å²) in [5.74, 6) is 3.98. The molecule has 1 aromatic heterocycles. The summed E-state index contributed by atoms with van der Waals surface area (Å²) in [5.41, 5.74) is 3.13. The van der Waals surface area contributed by atoms with Crippen LogP contribution in [0.1, 0.15) is 18.2 Å². The van der Waals surface area contributed by atoms with E-state index < -0.39 is 0 Å². The molecule has 0 unspecified atom stereocenters. The quantitative estimate of drug-likeness (QED) is 0.905. The van der Waals surface area contributed by atoms with Crippen molar-refractivity contribution < 1.29 is 9.84 Å². The van der Waals surface area contributed by atoms with Gasteiger partial charge in [0.15, 0.2) is 17.3 Å². The van der Waals surface area contributed by atoms with E-state index in [2.05, 4.69) is 22.2 Å². The van der Waals surface area contributed by atoms with Gasteiger partial charge in [-0.3, -0.25) is 0 Å². The van der Waals surface area contributed by atoms with Gasteiger partial charge >= 0.3 is 0 Å². The summed E-state index contributed by atoms with van der Waals surface area (Å²) in [6, 6.07) is 5.17. The van der Waals surface area contributed by atoms with Crippen LogP contribution in [-0.4, -0.2) is 28.7 Å². The molecule has 3 rings (SSSR count). The van der Waals surface area contributed by atoms with Crippen molar-refractivity contribution in [3.63, 3.8) is 0 Å². The van der Waals surface area contributed by atoms with Crippen LogP contribution in [0.3, 0.4) is 0 Å². The normalized spacial score (nSPS) is 13.0.